The van der Waals surface area contributed by atoms with Gasteiger partial charge in [-0.2, -0.15) is 5.26 Å². The summed E-state index contributed by atoms with van der Waals surface area (Å²) in [6.07, 6.45) is 0.259. The van der Waals surface area contributed by atoms with Gasteiger partial charge in [-0.3, -0.25) is 4.79 Å². The Labute approximate surface area is 105 Å². The zero-order valence-electron chi connectivity index (χ0n) is 10.4. The van der Waals surface area contributed by atoms with E-state index in [1.807, 2.05) is 6.92 Å². The van der Waals surface area contributed by atoms with Gasteiger partial charge in [0.05, 0.1) is 5.69 Å². The van der Waals surface area contributed by atoms with Crippen LogP contribution < -0.4 is 5.32 Å². The lowest BCUT2D eigenvalue weighted by Gasteiger charge is -2.11. The highest BCUT2D eigenvalue weighted by Crippen LogP contribution is 2.18. The molecule has 1 aromatic rings. The van der Waals surface area contributed by atoms with E-state index in [0.717, 1.165) is 0 Å². The van der Waals surface area contributed by atoms with Gasteiger partial charge in [0.1, 0.15) is 17.4 Å². The molecule has 0 aliphatic carbocycles. The molecule has 0 heterocycles. The van der Waals surface area contributed by atoms with Gasteiger partial charge in [-0.05, 0) is 18.1 Å². The van der Waals surface area contributed by atoms with E-state index < -0.39 is 5.82 Å². The van der Waals surface area contributed by atoms with E-state index in [-0.39, 0.29) is 29.5 Å². The van der Waals surface area contributed by atoms with Gasteiger partial charge >= 0.3 is 0 Å². The van der Waals surface area contributed by atoms with Crippen molar-refractivity contribution in [3.63, 3.8) is 0 Å². The highest BCUT2D eigenvalue weighted by atomic mass is 19.1. The van der Waals surface area contributed by atoms with E-state index in [9.17, 15) is 9.18 Å². The zero-order valence-corrected chi connectivity index (χ0v) is 10.4. The van der Waals surface area contributed by atoms with Crippen LogP contribution in [0.25, 0.3) is 0 Å². The molecule has 0 saturated carbocycles. The number of hydrogen-bond acceptors (Lipinski definition) is 3. The summed E-state index contributed by atoms with van der Waals surface area (Å²) in [6.45, 7) is 2.35. The predicted molar refractivity (Wildman–Crippen MR) is 65.4 cm³/mol. The molecule has 0 radical (unpaired) electrons. The molecule has 1 aromatic carbocycles. The number of methoxy groups -OCH3 is 1. The lowest BCUT2D eigenvalue weighted by molar-refractivity contribution is -0.117. The van der Waals surface area contributed by atoms with Crippen molar-refractivity contribution in [3.05, 3.63) is 29.6 Å². The molecule has 1 rings (SSSR count). The lowest BCUT2D eigenvalue weighted by Crippen LogP contribution is -2.18. The number of anilines is 1. The van der Waals surface area contributed by atoms with Crippen LogP contribution in [0.5, 0.6) is 0 Å². The van der Waals surface area contributed by atoms with Gasteiger partial charge in [-0.1, -0.05) is 13.0 Å². The first kappa shape index (κ1) is 14.1. The van der Waals surface area contributed by atoms with E-state index in [2.05, 4.69) is 5.32 Å². The second-order valence-corrected chi connectivity index (χ2v) is 4.09. The van der Waals surface area contributed by atoms with Gasteiger partial charge in [0.15, 0.2) is 0 Å². The Morgan fingerprint density at radius 1 is 1.61 bits per heavy atom. The molecule has 4 nitrogen and oxygen atoms in total. The van der Waals surface area contributed by atoms with Gasteiger partial charge < -0.3 is 10.1 Å². The summed E-state index contributed by atoms with van der Waals surface area (Å²) >= 11 is 0. The average molecular weight is 250 g/mol. The van der Waals surface area contributed by atoms with Crippen molar-refractivity contribution < 1.29 is 13.9 Å². The van der Waals surface area contributed by atoms with Crippen LogP contribution in [-0.4, -0.2) is 19.6 Å². The first-order chi connectivity index (χ1) is 8.58. The monoisotopic (exact) mass is 250 g/mol. The van der Waals surface area contributed by atoms with Crippen molar-refractivity contribution in [1.82, 2.24) is 0 Å². The second-order valence-electron chi connectivity index (χ2n) is 4.09. The van der Waals surface area contributed by atoms with Crippen LogP contribution in [0.15, 0.2) is 18.2 Å². The summed E-state index contributed by atoms with van der Waals surface area (Å²) in [7, 11) is 1.56. The normalized spacial score (nSPS) is 11.7. The molecular formula is C13H15FN2O2. The van der Waals surface area contributed by atoms with Gasteiger partial charge in [-0.25, -0.2) is 4.39 Å². The summed E-state index contributed by atoms with van der Waals surface area (Å²) < 4.78 is 18.2. The Hall–Kier alpha value is -1.93. The molecule has 0 aliphatic heterocycles. The molecule has 0 aromatic heterocycles. The maximum Gasteiger partial charge on any atom is 0.224 e. The highest BCUT2D eigenvalue weighted by molar-refractivity contribution is 5.92. The van der Waals surface area contributed by atoms with Crippen molar-refractivity contribution >= 4 is 11.6 Å². The van der Waals surface area contributed by atoms with E-state index in [0.29, 0.717) is 6.61 Å². The molecule has 1 atom stereocenters. The van der Waals surface area contributed by atoms with Crippen LogP contribution in [0.3, 0.4) is 0 Å². The van der Waals surface area contributed by atoms with Crippen LogP contribution in [0, 0.1) is 23.1 Å². The fourth-order valence-corrected chi connectivity index (χ4v) is 1.60. The number of amides is 1. The molecule has 96 valence electrons. The van der Waals surface area contributed by atoms with Gasteiger partial charge in [-0.15, -0.1) is 0 Å². The Kier molecular flexibility index (Phi) is 5.28. The van der Waals surface area contributed by atoms with Crippen molar-refractivity contribution in [2.75, 3.05) is 19.0 Å². The Balaban J connectivity index is 2.71. The number of nitriles is 1. The fourth-order valence-electron chi connectivity index (χ4n) is 1.60. The number of benzene rings is 1. The van der Waals surface area contributed by atoms with Crippen molar-refractivity contribution in [2.45, 2.75) is 13.3 Å². The van der Waals surface area contributed by atoms with Crippen LogP contribution in [0.4, 0.5) is 10.1 Å². The highest BCUT2D eigenvalue weighted by Gasteiger charge is 2.13. The third-order valence-electron chi connectivity index (χ3n) is 2.38. The molecule has 1 unspecified atom stereocenters. The topological polar surface area (TPSA) is 62.1 Å². The van der Waals surface area contributed by atoms with Gasteiger partial charge in [0, 0.05) is 20.1 Å². The van der Waals surface area contributed by atoms with E-state index in [1.54, 1.807) is 13.2 Å². The maximum atomic E-state index is 13.3. The third-order valence-corrected chi connectivity index (χ3v) is 2.38. The molecule has 0 aliphatic rings. The molecule has 18 heavy (non-hydrogen) atoms. The number of carbonyl (C=O) groups excluding carboxylic acids is 1. The average Bonchev–Trinajstić information content (AvgIpc) is 2.29. The standard InChI is InChI=1S/C13H15FN2O2/c1-9(8-18-2)6-13(17)16-12-5-3-4-11(14)10(12)7-15/h3-5,9H,6,8H2,1-2H3,(H,16,17). The maximum absolute atomic E-state index is 13.3. The van der Waals surface area contributed by atoms with Crippen molar-refractivity contribution in [2.24, 2.45) is 5.92 Å². The van der Waals surface area contributed by atoms with E-state index >= 15 is 0 Å². The number of nitrogens with zero attached hydrogens (tertiary/aromatic N) is 1. The smallest absolute Gasteiger partial charge is 0.224 e. The van der Waals surface area contributed by atoms with Crippen LogP contribution >= 0.6 is 0 Å². The predicted octanol–water partition coefficient (Wildman–Crippen LogP) is 2.31. The Morgan fingerprint density at radius 3 is 2.94 bits per heavy atom. The number of rotatable bonds is 5. The largest absolute Gasteiger partial charge is 0.384 e. The molecule has 0 spiro atoms. The fraction of sp³-hybridized carbons (Fsp3) is 0.385. The lowest BCUT2D eigenvalue weighted by atomic mass is 10.1. The van der Waals surface area contributed by atoms with E-state index in [1.165, 1.54) is 18.2 Å². The minimum Gasteiger partial charge on any atom is -0.384 e. The van der Waals surface area contributed by atoms with Crippen molar-refractivity contribution in [1.29, 1.82) is 5.26 Å². The Morgan fingerprint density at radius 2 is 2.33 bits per heavy atom. The molecule has 0 fully saturated rings. The molecule has 1 amide bonds. The summed E-state index contributed by atoms with van der Waals surface area (Å²) in [5, 5.41) is 11.4. The van der Waals surface area contributed by atoms with Crippen LogP contribution in [0.1, 0.15) is 18.9 Å². The first-order valence-electron chi connectivity index (χ1n) is 5.56. The van der Waals surface area contributed by atoms with Gasteiger partial charge in [0.25, 0.3) is 0 Å². The molecular weight excluding hydrogens is 235 g/mol. The third kappa shape index (κ3) is 3.82. The minimum absolute atomic E-state index is 0.0640. The SMILES string of the molecule is COCC(C)CC(=O)Nc1cccc(F)c1C#N. The summed E-state index contributed by atoms with van der Waals surface area (Å²) in [4.78, 5) is 11.7. The quantitative estimate of drug-likeness (QED) is 0.872. The number of nitrogens with one attached hydrogen (secondary N) is 1. The molecule has 0 saturated heterocycles. The number of carbonyl (C=O) groups is 1. The van der Waals surface area contributed by atoms with E-state index in [4.69, 9.17) is 10.00 Å². The summed E-state index contributed by atoms with van der Waals surface area (Å²) in [5.41, 5.74) is 0.0531. The van der Waals surface area contributed by atoms with Crippen LogP contribution in [0.2, 0.25) is 0 Å². The first-order valence-corrected chi connectivity index (χ1v) is 5.56. The minimum atomic E-state index is -0.639. The number of ether oxygens (including phenoxy) is 1. The molecule has 0 bridgehead atoms. The summed E-state index contributed by atoms with van der Waals surface area (Å²) in [5.74, 6) is -0.837. The van der Waals surface area contributed by atoms with Crippen molar-refractivity contribution in [3.8, 4) is 6.07 Å². The van der Waals surface area contributed by atoms with Gasteiger partial charge in [0.2, 0.25) is 5.91 Å². The van der Waals surface area contributed by atoms with Crippen LogP contribution in [-0.2, 0) is 9.53 Å². The second kappa shape index (κ2) is 6.72. The Bertz CT molecular complexity index is 469. The molecule has 1 N–H and O–H groups in total. The number of halogens is 1. The number of hydrogen-bond donors (Lipinski definition) is 1. The zero-order chi connectivity index (χ0) is 13.5. The summed E-state index contributed by atoms with van der Waals surface area (Å²) in [6, 6.07) is 5.86. The molecule has 5 heteroatoms.